The molecule has 0 amide bonds. The fourth-order valence-electron chi connectivity index (χ4n) is 3.65. The van der Waals surface area contributed by atoms with Crippen molar-refractivity contribution in [2.24, 2.45) is 5.92 Å². The molecule has 1 aliphatic rings. The van der Waals surface area contributed by atoms with Crippen LogP contribution in [-0.2, 0) is 13.0 Å². The van der Waals surface area contributed by atoms with Gasteiger partial charge in [0.15, 0.2) is 0 Å². The van der Waals surface area contributed by atoms with Gasteiger partial charge in [0.05, 0.1) is 11.7 Å². The zero-order valence-corrected chi connectivity index (χ0v) is 15.0. The lowest BCUT2D eigenvalue weighted by atomic mass is 10.0. The lowest BCUT2D eigenvalue weighted by Gasteiger charge is -2.21. The molecule has 0 bridgehead atoms. The standard InChI is InChI=1S/C20H26F2N2O/c1-3-6-18-12-20(24(23-18)14(2)15-7-4-5-8-15)25-13-16-11-17(21)9-10-19(16)22/h9-12,14-15H,3-8,13H2,1-2H3. The van der Waals surface area contributed by atoms with Gasteiger partial charge < -0.3 is 4.74 Å². The summed E-state index contributed by atoms with van der Waals surface area (Å²) in [6, 6.07) is 5.62. The van der Waals surface area contributed by atoms with Crippen molar-refractivity contribution < 1.29 is 13.5 Å². The maximum Gasteiger partial charge on any atom is 0.212 e. The minimum Gasteiger partial charge on any atom is -0.473 e. The van der Waals surface area contributed by atoms with Gasteiger partial charge in [-0.25, -0.2) is 13.5 Å². The van der Waals surface area contributed by atoms with Gasteiger partial charge >= 0.3 is 0 Å². The molecular formula is C20H26F2N2O. The SMILES string of the molecule is CCCc1cc(OCc2cc(F)ccc2F)n(C(C)C2CCCC2)n1. The van der Waals surface area contributed by atoms with E-state index < -0.39 is 11.6 Å². The molecule has 25 heavy (non-hydrogen) atoms. The molecule has 0 saturated heterocycles. The van der Waals surface area contributed by atoms with Crippen LogP contribution in [0.5, 0.6) is 5.88 Å². The highest BCUT2D eigenvalue weighted by Crippen LogP contribution is 2.36. The van der Waals surface area contributed by atoms with Crippen molar-refractivity contribution in [1.29, 1.82) is 0 Å². The molecule has 0 N–H and O–H groups in total. The van der Waals surface area contributed by atoms with Gasteiger partial charge in [0.1, 0.15) is 18.2 Å². The van der Waals surface area contributed by atoms with Crippen molar-refractivity contribution in [3.8, 4) is 5.88 Å². The lowest BCUT2D eigenvalue weighted by Crippen LogP contribution is -2.17. The van der Waals surface area contributed by atoms with Crippen LogP contribution < -0.4 is 4.74 Å². The van der Waals surface area contributed by atoms with Crippen LogP contribution in [-0.4, -0.2) is 9.78 Å². The molecule has 0 aliphatic heterocycles. The van der Waals surface area contributed by atoms with Crippen LogP contribution in [0.25, 0.3) is 0 Å². The zero-order valence-electron chi connectivity index (χ0n) is 15.0. The van der Waals surface area contributed by atoms with Crippen LogP contribution >= 0.6 is 0 Å². The summed E-state index contributed by atoms with van der Waals surface area (Å²) in [5.41, 5.74) is 1.21. The molecule has 3 nitrogen and oxygen atoms in total. The topological polar surface area (TPSA) is 27.1 Å². The molecule has 1 aromatic carbocycles. The van der Waals surface area contributed by atoms with E-state index >= 15 is 0 Å². The number of aryl methyl sites for hydroxylation is 1. The lowest BCUT2D eigenvalue weighted by molar-refractivity contribution is 0.235. The third kappa shape index (κ3) is 4.20. The maximum atomic E-state index is 13.8. The van der Waals surface area contributed by atoms with E-state index in [0.29, 0.717) is 11.8 Å². The van der Waals surface area contributed by atoms with E-state index in [-0.39, 0.29) is 18.2 Å². The molecule has 5 heteroatoms. The van der Waals surface area contributed by atoms with Crippen molar-refractivity contribution in [2.75, 3.05) is 0 Å². The Morgan fingerprint density at radius 3 is 2.72 bits per heavy atom. The zero-order chi connectivity index (χ0) is 17.8. The van der Waals surface area contributed by atoms with Crippen LogP contribution in [0.4, 0.5) is 8.78 Å². The summed E-state index contributed by atoms with van der Waals surface area (Å²) in [5.74, 6) is 0.332. The second-order valence-corrected chi connectivity index (χ2v) is 6.98. The minimum absolute atomic E-state index is 0.00175. The van der Waals surface area contributed by atoms with Gasteiger partial charge in [-0.2, -0.15) is 5.10 Å². The molecule has 1 aliphatic carbocycles. The number of hydrogen-bond donors (Lipinski definition) is 0. The molecule has 1 unspecified atom stereocenters. The van der Waals surface area contributed by atoms with Crippen molar-refractivity contribution in [2.45, 2.75) is 65.0 Å². The number of aromatic nitrogens is 2. The number of nitrogens with zero attached hydrogens (tertiary/aromatic N) is 2. The van der Waals surface area contributed by atoms with E-state index in [1.165, 1.54) is 31.7 Å². The van der Waals surface area contributed by atoms with Gasteiger partial charge in [-0.05, 0) is 50.3 Å². The fourth-order valence-corrected chi connectivity index (χ4v) is 3.65. The number of rotatable bonds is 7. The van der Waals surface area contributed by atoms with Crippen molar-refractivity contribution in [3.63, 3.8) is 0 Å². The Hall–Kier alpha value is -1.91. The minimum atomic E-state index is -0.459. The monoisotopic (exact) mass is 348 g/mol. The molecule has 1 atom stereocenters. The first-order valence-corrected chi connectivity index (χ1v) is 9.23. The number of benzene rings is 1. The van der Waals surface area contributed by atoms with Crippen molar-refractivity contribution in [1.82, 2.24) is 9.78 Å². The summed E-state index contributed by atoms with van der Waals surface area (Å²) >= 11 is 0. The predicted molar refractivity (Wildman–Crippen MR) is 93.6 cm³/mol. The third-order valence-electron chi connectivity index (χ3n) is 5.11. The first kappa shape index (κ1) is 17.9. The molecule has 0 radical (unpaired) electrons. The summed E-state index contributed by atoms with van der Waals surface area (Å²) in [5, 5.41) is 4.72. The Bertz CT molecular complexity index is 708. The van der Waals surface area contributed by atoms with E-state index in [4.69, 9.17) is 9.84 Å². The van der Waals surface area contributed by atoms with Gasteiger partial charge in [-0.1, -0.05) is 26.2 Å². The van der Waals surface area contributed by atoms with Gasteiger partial charge in [0, 0.05) is 11.6 Å². The van der Waals surface area contributed by atoms with Gasteiger partial charge in [0.2, 0.25) is 5.88 Å². The summed E-state index contributed by atoms with van der Waals surface area (Å²) in [6.07, 6.45) is 6.84. The van der Waals surface area contributed by atoms with E-state index in [1.54, 1.807) is 0 Å². The summed E-state index contributed by atoms with van der Waals surface area (Å²) in [6.45, 7) is 4.29. The van der Waals surface area contributed by atoms with Gasteiger partial charge in [-0.15, -0.1) is 0 Å². The van der Waals surface area contributed by atoms with E-state index in [2.05, 4.69) is 13.8 Å². The number of ether oxygens (including phenoxy) is 1. The highest BCUT2D eigenvalue weighted by molar-refractivity contribution is 5.21. The fraction of sp³-hybridized carbons (Fsp3) is 0.550. The van der Waals surface area contributed by atoms with E-state index in [9.17, 15) is 8.78 Å². The number of hydrogen-bond acceptors (Lipinski definition) is 2. The van der Waals surface area contributed by atoms with Crippen LogP contribution in [0.2, 0.25) is 0 Å². The summed E-state index contributed by atoms with van der Waals surface area (Å²) < 4.78 is 35.0. The molecule has 1 heterocycles. The summed E-state index contributed by atoms with van der Waals surface area (Å²) in [4.78, 5) is 0. The highest BCUT2D eigenvalue weighted by Gasteiger charge is 2.26. The Labute approximate surface area is 148 Å². The maximum absolute atomic E-state index is 13.8. The largest absolute Gasteiger partial charge is 0.473 e. The molecule has 2 aromatic rings. The average molecular weight is 348 g/mol. The predicted octanol–water partition coefficient (Wildman–Crippen LogP) is 5.44. The van der Waals surface area contributed by atoms with E-state index in [1.807, 2.05) is 10.7 Å². The Morgan fingerprint density at radius 2 is 2.00 bits per heavy atom. The van der Waals surface area contributed by atoms with Crippen LogP contribution in [0.1, 0.15) is 63.3 Å². The average Bonchev–Trinajstić information content (AvgIpc) is 3.25. The van der Waals surface area contributed by atoms with Crippen LogP contribution in [0.15, 0.2) is 24.3 Å². The molecule has 1 fully saturated rings. The molecular weight excluding hydrogens is 322 g/mol. The van der Waals surface area contributed by atoms with Crippen molar-refractivity contribution in [3.05, 3.63) is 47.2 Å². The van der Waals surface area contributed by atoms with Crippen LogP contribution in [0.3, 0.4) is 0 Å². The summed E-state index contributed by atoms with van der Waals surface area (Å²) in [7, 11) is 0. The molecule has 3 rings (SSSR count). The first-order valence-electron chi connectivity index (χ1n) is 9.23. The molecule has 1 saturated carbocycles. The second-order valence-electron chi connectivity index (χ2n) is 6.98. The molecule has 136 valence electrons. The quantitative estimate of drug-likeness (QED) is 0.666. The van der Waals surface area contributed by atoms with E-state index in [0.717, 1.165) is 30.7 Å². The third-order valence-corrected chi connectivity index (χ3v) is 5.11. The van der Waals surface area contributed by atoms with Gasteiger partial charge in [-0.3, -0.25) is 0 Å². The number of halogens is 2. The van der Waals surface area contributed by atoms with Crippen LogP contribution in [0, 0.1) is 17.6 Å². The van der Waals surface area contributed by atoms with Crippen molar-refractivity contribution >= 4 is 0 Å². The molecule has 0 spiro atoms. The van der Waals surface area contributed by atoms with Gasteiger partial charge in [0.25, 0.3) is 0 Å². The normalized spacial score (nSPS) is 16.3. The first-order chi connectivity index (χ1) is 12.1. The highest BCUT2D eigenvalue weighted by atomic mass is 19.1. The molecule has 1 aromatic heterocycles. The Morgan fingerprint density at radius 1 is 1.24 bits per heavy atom. The second kappa shape index (κ2) is 7.98. The smallest absolute Gasteiger partial charge is 0.212 e. The Balaban J connectivity index is 1.79. The Kier molecular flexibility index (Phi) is 5.71.